The summed E-state index contributed by atoms with van der Waals surface area (Å²) >= 11 is 12.1. The summed E-state index contributed by atoms with van der Waals surface area (Å²) in [4.78, 5) is 5.77. The first-order valence-electron chi connectivity index (χ1n) is 10.3. The van der Waals surface area contributed by atoms with Crippen molar-refractivity contribution in [2.45, 2.75) is 5.92 Å². The molecule has 2 aromatic carbocycles. The Morgan fingerprint density at radius 1 is 1.07 bits per heavy atom. The van der Waals surface area contributed by atoms with Crippen LogP contribution in [0.15, 0.2) is 54.7 Å². The molecule has 1 saturated heterocycles. The molecule has 0 aliphatic carbocycles. The Labute approximate surface area is 187 Å². The maximum Gasteiger partial charge on any atom is 0.166 e. The van der Waals surface area contributed by atoms with E-state index in [1.165, 1.54) is 10.9 Å². The van der Waals surface area contributed by atoms with E-state index in [9.17, 15) is 0 Å². The van der Waals surface area contributed by atoms with Gasteiger partial charge in [-0.05, 0) is 35.5 Å². The zero-order valence-corrected chi connectivity index (χ0v) is 18.4. The Balaban J connectivity index is 1.43. The molecular formula is C23H27ClN4OS. The van der Waals surface area contributed by atoms with Crippen LogP contribution in [-0.2, 0) is 4.74 Å². The second-order valence-corrected chi connectivity index (χ2v) is 8.27. The molecule has 4 rings (SSSR count). The smallest absolute Gasteiger partial charge is 0.166 e. The van der Waals surface area contributed by atoms with Crippen LogP contribution >= 0.6 is 23.8 Å². The van der Waals surface area contributed by atoms with Crippen LogP contribution in [0.25, 0.3) is 10.9 Å². The normalized spacial score (nSPS) is 15.8. The molecule has 0 bridgehead atoms. The molecule has 1 atom stereocenters. The molecule has 2 heterocycles. The van der Waals surface area contributed by atoms with Gasteiger partial charge < -0.3 is 20.4 Å². The Morgan fingerprint density at radius 3 is 2.67 bits per heavy atom. The summed E-state index contributed by atoms with van der Waals surface area (Å²) in [7, 11) is 0. The summed E-state index contributed by atoms with van der Waals surface area (Å²) in [5.74, 6) is 0.0776. The maximum absolute atomic E-state index is 6.57. The van der Waals surface area contributed by atoms with E-state index in [0.717, 1.165) is 55.5 Å². The molecule has 30 heavy (non-hydrogen) atoms. The summed E-state index contributed by atoms with van der Waals surface area (Å²) in [5.41, 5.74) is 3.42. The quantitative estimate of drug-likeness (QED) is 0.486. The first-order valence-corrected chi connectivity index (χ1v) is 11.1. The van der Waals surface area contributed by atoms with E-state index in [-0.39, 0.29) is 5.92 Å². The van der Waals surface area contributed by atoms with Gasteiger partial charge in [0.25, 0.3) is 0 Å². The molecular weight excluding hydrogens is 416 g/mol. The van der Waals surface area contributed by atoms with E-state index in [1.807, 2.05) is 24.3 Å². The fourth-order valence-electron chi connectivity index (χ4n) is 3.94. The average Bonchev–Trinajstić information content (AvgIpc) is 3.20. The van der Waals surface area contributed by atoms with Crippen molar-refractivity contribution in [1.82, 2.24) is 20.5 Å². The Bertz CT molecular complexity index is 986. The van der Waals surface area contributed by atoms with Gasteiger partial charge in [-0.2, -0.15) is 0 Å². The molecule has 1 aliphatic rings. The van der Waals surface area contributed by atoms with Crippen LogP contribution < -0.4 is 10.6 Å². The van der Waals surface area contributed by atoms with Gasteiger partial charge in [-0.1, -0.05) is 48.0 Å². The third-order valence-electron chi connectivity index (χ3n) is 5.56. The van der Waals surface area contributed by atoms with Crippen molar-refractivity contribution >= 4 is 39.8 Å². The molecule has 1 unspecified atom stereocenters. The minimum Gasteiger partial charge on any atom is -0.379 e. The molecule has 7 heteroatoms. The minimum absolute atomic E-state index is 0.0776. The van der Waals surface area contributed by atoms with Crippen molar-refractivity contribution < 1.29 is 4.74 Å². The van der Waals surface area contributed by atoms with Gasteiger partial charge >= 0.3 is 0 Å². The largest absolute Gasteiger partial charge is 0.379 e. The predicted octanol–water partition coefficient (Wildman–Crippen LogP) is 3.75. The second kappa shape index (κ2) is 10.3. The first kappa shape index (κ1) is 21.1. The molecule has 0 saturated carbocycles. The number of hydrogen-bond donors (Lipinski definition) is 3. The topological polar surface area (TPSA) is 52.3 Å². The lowest BCUT2D eigenvalue weighted by Gasteiger charge is -2.27. The third-order valence-corrected chi connectivity index (χ3v) is 6.19. The number of morpholine rings is 1. The first-order chi connectivity index (χ1) is 14.7. The van der Waals surface area contributed by atoms with Gasteiger partial charge in [0, 0.05) is 60.8 Å². The molecule has 0 radical (unpaired) electrons. The zero-order chi connectivity index (χ0) is 20.8. The molecule has 3 N–H and O–H groups in total. The van der Waals surface area contributed by atoms with Crippen molar-refractivity contribution in [2.75, 3.05) is 45.9 Å². The molecule has 0 amide bonds. The van der Waals surface area contributed by atoms with Crippen molar-refractivity contribution in [3.8, 4) is 0 Å². The number of nitrogens with zero attached hydrogens (tertiary/aromatic N) is 1. The van der Waals surface area contributed by atoms with Gasteiger partial charge in [-0.15, -0.1) is 0 Å². The summed E-state index contributed by atoms with van der Waals surface area (Å²) < 4.78 is 5.40. The Kier molecular flexibility index (Phi) is 7.23. The number of fused-ring (bicyclic) bond motifs is 1. The summed E-state index contributed by atoms with van der Waals surface area (Å²) in [5, 5.41) is 9.37. The number of halogens is 1. The zero-order valence-electron chi connectivity index (χ0n) is 16.9. The van der Waals surface area contributed by atoms with E-state index in [0.29, 0.717) is 11.7 Å². The third kappa shape index (κ3) is 5.13. The highest BCUT2D eigenvalue weighted by Gasteiger charge is 2.20. The van der Waals surface area contributed by atoms with Crippen molar-refractivity contribution in [3.63, 3.8) is 0 Å². The van der Waals surface area contributed by atoms with Crippen LogP contribution in [0.5, 0.6) is 0 Å². The molecule has 158 valence electrons. The van der Waals surface area contributed by atoms with Gasteiger partial charge in [0.2, 0.25) is 0 Å². The lowest BCUT2D eigenvalue weighted by atomic mass is 9.91. The van der Waals surface area contributed by atoms with E-state index < -0.39 is 0 Å². The van der Waals surface area contributed by atoms with E-state index in [1.54, 1.807) is 0 Å². The number of H-pyrrole nitrogens is 1. The van der Waals surface area contributed by atoms with E-state index in [4.69, 9.17) is 28.6 Å². The highest BCUT2D eigenvalue weighted by Crippen LogP contribution is 2.34. The Hall–Kier alpha value is -2.12. The number of benzene rings is 2. The van der Waals surface area contributed by atoms with Crippen LogP contribution in [0, 0.1) is 0 Å². The number of rotatable bonds is 7. The van der Waals surface area contributed by atoms with Gasteiger partial charge in [0.15, 0.2) is 5.11 Å². The molecule has 0 spiro atoms. The predicted molar refractivity (Wildman–Crippen MR) is 127 cm³/mol. The molecule has 1 aromatic heterocycles. The van der Waals surface area contributed by atoms with E-state index >= 15 is 0 Å². The summed E-state index contributed by atoms with van der Waals surface area (Å²) in [6.45, 7) is 6.03. The fourth-order valence-corrected chi connectivity index (χ4v) is 4.39. The fraction of sp³-hybridized carbons (Fsp3) is 0.348. The summed E-state index contributed by atoms with van der Waals surface area (Å²) in [6, 6.07) is 16.4. The highest BCUT2D eigenvalue weighted by atomic mass is 35.5. The number of ether oxygens (including phenoxy) is 1. The molecule has 5 nitrogen and oxygen atoms in total. The van der Waals surface area contributed by atoms with Gasteiger partial charge in [-0.3, -0.25) is 4.90 Å². The highest BCUT2D eigenvalue weighted by molar-refractivity contribution is 7.80. The Morgan fingerprint density at radius 2 is 1.83 bits per heavy atom. The average molecular weight is 443 g/mol. The second-order valence-electron chi connectivity index (χ2n) is 7.45. The van der Waals surface area contributed by atoms with Crippen LogP contribution in [0.3, 0.4) is 0 Å². The monoisotopic (exact) mass is 442 g/mol. The van der Waals surface area contributed by atoms with Gasteiger partial charge in [0.1, 0.15) is 0 Å². The standard InChI is InChI=1S/C23H27ClN4OS/c24-21-7-3-1-5-17(21)19(20-15-26-22-8-4-2-6-18(20)22)16-27-23(30)25-9-10-28-11-13-29-14-12-28/h1-8,15,19,26H,9-14,16H2,(H2,25,27,30). The van der Waals surface area contributed by atoms with Crippen molar-refractivity contribution in [1.29, 1.82) is 0 Å². The number of aromatic nitrogens is 1. The van der Waals surface area contributed by atoms with Crippen LogP contribution in [0.1, 0.15) is 17.0 Å². The number of aromatic amines is 1. The lowest BCUT2D eigenvalue weighted by molar-refractivity contribution is 0.0389. The van der Waals surface area contributed by atoms with Crippen LogP contribution in [-0.4, -0.2) is 60.9 Å². The van der Waals surface area contributed by atoms with E-state index in [2.05, 4.69) is 51.0 Å². The molecule has 1 fully saturated rings. The number of thiocarbonyl (C=S) groups is 1. The SMILES string of the molecule is S=C(NCCN1CCOCC1)NCC(c1ccccc1Cl)c1c[nH]c2ccccc12. The number of hydrogen-bond acceptors (Lipinski definition) is 3. The molecule has 1 aliphatic heterocycles. The summed E-state index contributed by atoms with van der Waals surface area (Å²) in [6.07, 6.45) is 2.08. The van der Waals surface area contributed by atoms with Crippen LogP contribution in [0.4, 0.5) is 0 Å². The lowest BCUT2D eigenvalue weighted by Crippen LogP contribution is -2.44. The number of nitrogens with one attached hydrogen (secondary N) is 3. The number of para-hydroxylation sites is 1. The van der Waals surface area contributed by atoms with Crippen molar-refractivity contribution in [2.24, 2.45) is 0 Å². The maximum atomic E-state index is 6.57. The van der Waals surface area contributed by atoms with Gasteiger partial charge in [-0.25, -0.2) is 0 Å². The van der Waals surface area contributed by atoms with Gasteiger partial charge in [0.05, 0.1) is 13.2 Å². The molecule has 3 aromatic rings. The van der Waals surface area contributed by atoms with Crippen molar-refractivity contribution in [3.05, 3.63) is 70.9 Å². The minimum atomic E-state index is 0.0776. The van der Waals surface area contributed by atoms with Crippen LogP contribution in [0.2, 0.25) is 5.02 Å².